The summed E-state index contributed by atoms with van der Waals surface area (Å²) in [5, 5.41) is 26.3. The van der Waals surface area contributed by atoms with Crippen molar-refractivity contribution < 1.29 is 38.9 Å². The Balaban J connectivity index is 2.03. The Morgan fingerprint density at radius 3 is 2.51 bits per heavy atom. The Bertz CT molecular complexity index is 1250. The molecule has 2 amide bonds. The number of aromatic nitrogens is 2. The zero-order valence-electron chi connectivity index (χ0n) is 22.1. The first-order chi connectivity index (χ1) is 18.5. The Morgan fingerprint density at radius 2 is 1.87 bits per heavy atom. The van der Waals surface area contributed by atoms with Crippen LogP contribution in [0.15, 0.2) is 54.2 Å². The van der Waals surface area contributed by atoms with E-state index in [2.05, 4.69) is 20.6 Å². The maximum atomic E-state index is 13.6. The highest BCUT2D eigenvalue weighted by molar-refractivity contribution is 5.98. The van der Waals surface area contributed by atoms with Gasteiger partial charge in [0.1, 0.15) is 17.9 Å². The molecule has 1 saturated heterocycles. The van der Waals surface area contributed by atoms with Gasteiger partial charge in [-0.25, -0.2) is 9.78 Å². The Hall–Kier alpha value is -4.32. The number of allylic oxidation sites excluding steroid dienone is 1. The van der Waals surface area contributed by atoms with Crippen LogP contribution in [0.1, 0.15) is 50.2 Å². The van der Waals surface area contributed by atoms with Gasteiger partial charge in [-0.1, -0.05) is 13.0 Å². The van der Waals surface area contributed by atoms with Crippen LogP contribution in [-0.2, 0) is 30.3 Å². The molecule has 1 fully saturated rings. The quantitative estimate of drug-likeness (QED) is 0.318. The summed E-state index contributed by atoms with van der Waals surface area (Å²) in [5.41, 5.74) is 0.733. The van der Waals surface area contributed by atoms with Gasteiger partial charge < -0.3 is 30.3 Å². The molecule has 12 heteroatoms. The van der Waals surface area contributed by atoms with Crippen molar-refractivity contribution in [2.75, 3.05) is 0 Å². The molecule has 0 aliphatic carbocycles. The van der Waals surface area contributed by atoms with Crippen molar-refractivity contribution in [3.63, 3.8) is 0 Å². The number of nitrogens with one attached hydrogen (secondary N) is 2. The van der Waals surface area contributed by atoms with Gasteiger partial charge in [-0.05, 0) is 62.9 Å². The number of pyridine rings is 2. The van der Waals surface area contributed by atoms with Crippen LogP contribution in [0.25, 0.3) is 0 Å². The minimum Gasteiger partial charge on any atom is -0.505 e. The van der Waals surface area contributed by atoms with E-state index in [9.17, 15) is 29.4 Å². The highest BCUT2D eigenvalue weighted by Crippen LogP contribution is 2.21. The monoisotopic (exact) mass is 540 g/mol. The van der Waals surface area contributed by atoms with E-state index in [-0.39, 0.29) is 17.9 Å². The first-order valence-electron chi connectivity index (χ1n) is 12.5. The SMILES string of the molecule is CC/C(C)=C1\OC(=O)[C@@H](C)[C@@H](O)[C@@H](Cc2cccnc2)NC(=O)[C@@H](NC(=O)c2ncccc2O)[C@@H](C)OC1=O. The lowest BCUT2D eigenvalue weighted by Gasteiger charge is -2.32. The molecular weight excluding hydrogens is 508 g/mol. The molecule has 5 atom stereocenters. The summed E-state index contributed by atoms with van der Waals surface area (Å²) in [6.07, 6.45) is 2.15. The predicted octanol–water partition coefficient (Wildman–Crippen LogP) is 1.18. The van der Waals surface area contributed by atoms with Crippen LogP contribution in [0, 0.1) is 5.92 Å². The first-order valence-corrected chi connectivity index (χ1v) is 12.5. The second-order valence-corrected chi connectivity index (χ2v) is 9.28. The molecule has 1 aliphatic heterocycles. The van der Waals surface area contributed by atoms with E-state index in [0.29, 0.717) is 17.6 Å². The first kappa shape index (κ1) is 29.2. The molecule has 0 saturated carbocycles. The van der Waals surface area contributed by atoms with Crippen LogP contribution in [0.3, 0.4) is 0 Å². The number of cyclic esters (lactones) is 2. The van der Waals surface area contributed by atoms with Crippen molar-refractivity contribution in [3.8, 4) is 5.75 Å². The zero-order chi connectivity index (χ0) is 28.7. The summed E-state index contributed by atoms with van der Waals surface area (Å²) >= 11 is 0. The molecule has 2 aromatic rings. The Labute approximate surface area is 225 Å². The third-order valence-electron chi connectivity index (χ3n) is 6.44. The van der Waals surface area contributed by atoms with Crippen LogP contribution < -0.4 is 10.6 Å². The van der Waals surface area contributed by atoms with E-state index < -0.39 is 59.7 Å². The van der Waals surface area contributed by atoms with E-state index in [4.69, 9.17) is 9.47 Å². The van der Waals surface area contributed by atoms with Gasteiger partial charge in [-0.3, -0.25) is 19.4 Å². The van der Waals surface area contributed by atoms with Crippen molar-refractivity contribution >= 4 is 23.8 Å². The number of rotatable bonds is 5. The number of aliphatic hydroxyl groups excluding tert-OH is 1. The molecule has 4 N–H and O–H groups in total. The largest absolute Gasteiger partial charge is 0.505 e. The van der Waals surface area contributed by atoms with E-state index in [0.717, 1.165) is 0 Å². The number of amides is 2. The number of nitrogens with zero attached hydrogens (tertiary/aromatic N) is 2. The van der Waals surface area contributed by atoms with Crippen LogP contribution in [0.2, 0.25) is 0 Å². The molecule has 0 radical (unpaired) electrons. The summed E-state index contributed by atoms with van der Waals surface area (Å²) in [6.45, 7) is 6.13. The van der Waals surface area contributed by atoms with Crippen molar-refractivity contribution in [2.24, 2.45) is 5.92 Å². The Kier molecular flexibility index (Phi) is 9.72. The predicted molar refractivity (Wildman–Crippen MR) is 137 cm³/mol. The van der Waals surface area contributed by atoms with Gasteiger partial charge >= 0.3 is 11.9 Å². The normalized spacial score (nSPS) is 25.8. The summed E-state index contributed by atoms with van der Waals surface area (Å²) < 4.78 is 10.9. The van der Waals surface area contributed by atoms with Gasteiger partial charge in [-0.15, -0.1) is 0 Å². The zero-order valence-corrected chi connectivity index (χ0v) is 22.1. The molecule has 1 aliphatic rings. The summed E-state index contributed by atoms with van der Waals surface area (Å²) in [6, 6.07) is 3.62. The van der Waals surface area contributed by atoms with Crippen LogP contribution >= 0.6 is 0 Å². The van der Waals surface area contributed by atoms with Crippen molar-refractivity contribution in [3.05, 3.63) is 65.4 Å². The number of hydrogen-bond acceptors (Lipinski definition) is 10. The highest BCUT2D eigenvalue weighted by atomic mass is 16.6. The number of aromatic hydroxyl groups is 1. The van der Waals surface area contributed by atoms with Crippen molar-refractivity contribution in [1.29, 1.82) is 0 Å². The second kappa shape index (κ2) is 13.0. The number of hydrogen-bond donors (Lipinski definition) is 4. The summed E-state index contributed by atoms with van der Waals surface area (Å²) in [5.74, 6) is -5.52. The molecule has 0 spiro atoms. The third kappa shape index (κ3) is 7.17. The van der Waals surface area contributed by atoms with Gasteiger partial charge in [0.05, 0.1) is 18.1 Å². The standard InChI is InChI=1S/C27H32N4O8/c1-5-14(2)23-27(37)38-16(4)20(31-25(35)21-19(32)9-7-11-29-21)24(34)30-18(12-17-8-6-10-28-13-17)22(33)15(3)26(36)39-23/h6-11,13,15-16,18,20,22,32-33H,5,12H2,1-4H3,(H,30,34)(H,31,35)/b23-14-/t15-,16+,18+,20-,22+/m0/s1. The van der Waals surface area contributed by atoms with Crippen molar-refractivity contribution in [1.82, 2.24) is 20.6 Å². The molecule has 2 aromatic heterocycles. The minimum absolute atomic E-state index is 0.0882. The Morgan fingerprint density at radius 1 is 1.15 bits per heavy atom. The molecule has 0 aromatic carbocycles. The van der Waals surface area contributed by atoms with Gasteiger partial charge in [0, 0.05) is 18.6 Å². The molecule has 3 heterocycles. The molecule has 0 bridgehead atoms. The number of aliphatic hydroxyl groups is 1. The van der Waals surface area contributed by atoms with Crippen LogP contribution in [0.5, 0.6) is 5.75 Å². The van der Waals surface area contributed by atoms with E-state index in [1.165, 1.54) is 32.2 Å². The lowest BCUT2D eigenvalue weighted by molar-refractivity contribution is -0.161. The van der Waals surface area contributed by atoms with Gasteiger partial charge in [-0.2, -0.15) is 0 Å². The fourth-order valence-corrected chi connectivity index (χ4v) is 3.92. The lowest BCUT2D eigenvalue weighted by atomic mass is 9.92. The fourth-order valence-electron chi connectivity index (χ4n) is 3.92. The summed E-state index contributed by atoms with van der Waals surface area (Å²) in [7, 11) is 0. The van der Waals surface area contributed by atoms with Gasteiger partial charge in [0.25, 0.3) is 5.91 Å². The van der Waals surface area contributed by atoms with Gasteiger partial charge in [0.2, 0.25) is 11.7 Å². The number of esters is 2. The highest BCUT2D eigenvalue weighted by Gasteiger charge is 2.39. The third-order valence-corrected chi connectivity index (χ3v) is 6.44. The van der Waals surface area contributed by atoms with E-state index in [1.807, 2.05) is 0 Å². The molecule has 0 unspecified atom stereocenters. The second-order valence-electron chi connectivity index (χ2n) is 9.28. The topological polar surface area (TPSA) is 177 Å². The molecule has 12 nitrogen and oxygen atoms in total. The molecule has 39 heavy (non-hydrogen) atoms. The minimum atomic E-state index is -1.47. The lowest BCUT2D eigenvalue weighted by Crippen LogP contribution is -2.59. The maximum Gasteiger partial charge on any atom is 0.374 e. The van der Waals surface area contributed by atoms with Crippen LogP contribution in [-0.4, -0.2) is 68.2 Å². The molecular formula is C27H32N4O8. The maximum absolute atomic E-state index is 13.6. The van der Waals surface area contributed by atoms with Crippen LogP contribution in [0.4, 0.5) is 0 Å². The van der Waals surface area contributed by atoms with Crippen molar-refractivity contribution in [2.45, 2.75) is 64.8 Å². The smallest absolute Gasteiger partial charge is 0.374 e. The molecule has 208 valence electrons. The average Bonchev–Trinajstić information content (AvgIpc) is 2.92. The van der Waals surface area contributed by atoms with E-state index >= 15 is 0 Å². The van der Waals surface area contributed by atoms with Gasteiger partial charge in [0.15, 0.2) is 5.69 Å². The van der Waals surface area contributed by atoms with E-state index in [1.54, 1.807) is 38.4 Å². The average molecular weight is 541 g/mol. The number of carbonyl (C=O) groups is 4. The number of ether oxygens (including phenoxy) is 2. The summed E-state index contributed by atoms with van der Waals surface area (Å²) in [4.78, 5) is 60.3. The molecule has 3 rings (SSSR count). The fraction of sp³-hybridized carbons (Fsp3) is 0.407. The number of carbonyl (C=O) groups excluding carboxylic acids is 4.